The second-order valence-corrected chi connectivity index (χ2v) is 10.8. The van der Waals surface area contributed by atoms with E-state index in [2.05, 4.69) is 5.32 Å². The topological polar surface area (TPSA) is 114 Å². The van der Waals surface area contributed by atoms with E-state index in [4.69, 9.17) is 14.2 Å². The third-order valence-corrected chi connectivity index (χ3v) is 6.63. The molecule has 4 rings (SSSR count). The van der Waals surface area contributed by atoms with E-state index < -0.39 is 41.4 Å². The van der Waals surface area contributed by atoms with Gasteiger partial charge in [0.2, 0.25) is 0 Å². The Morgan fingerprint density at radius 3 is 2.19 bits per heavy atom. The van der Waals surface area contributed by atoms with Crippen LogP contribution in [0.1, 0.15) is 51.7 Å². The first-order chi connectivity index (χ1) is 17.4. The zero-order valence-electron chi connectivity index (χ0n) is 21.8. The van der Waals surface area contributed by atoms with Crippen molar-refractivity contribution in [2.45, 2.75) is 63.9 Å². The van der Waals surface area contributed by atoms with Crippen LogP contribution in [0.3, 0.4) is 0 Å². The van der Waals surface area contributed by atoms with Crippen molar-refractivity contribution in [1.29, 1.82) is 0 Å². The Bertz CT molecular complexity index is 1140. The van der Waals surface area contributed by atoms with Crippen LogP contribution in [-0.4, -0.2) is 71.2 Å². The van der Waals surface area contributed by atoms with Gasteiger partial charge in [-0.15, -0.1) is 0 Å². The van der Waals surface area contributed by atoms with Crippen molar-refractivity contribution in [1.82, 2.24) is 10.2 Å². The molecule has 37 heavy (non-hydrogen) atoms. The van der Waals surface area contributed by atoms with Crippen molar-refractivity contribution >= 4 is 18.0 Å². The van der Waals surface area contributed by atoms with Gasteiger partial charge in [-0.25, -0.2) is 9.59 Å². The zero-order valence-corrected chi connectivity index (χ0v) is 21.8. The number of rotatable bonds is 7. The summed E-state index contributed by atoms with van der Waals surface area (Å²) < 4.78 is 17.0. The summed E-state index contributed by atoms with van der Waals surface area (Å²) in [5.74, 6) is -1.94. The first-order valence-electron chi connectivity index (χ1n) is 12.3. The van der Waals surface area contributed by atoms with E-state index >= 15 is 0 Å². The fraction of sp³-hybridized carbons (Fsp3) is 0.464. The first-order valence-corrected chi connectivity index (χ1v) is 12.3. The van der Waals surface area contributed by atoms with Crippen LogP contribution in [0.4, 0.5) is 4.79 Å². The fourth-order valence-corrected chi connectivity index (χ4v) is 4.86. The second kappa shape index (κ2) is 10.1. The average Bonchev–Trinajstić information content (AvgIpc) is 3.33. The number of nitrogens with zero attached hydrogens (tertiary/aromatic N) is 1. The maximum Gasteiger partial charge on any atom is 0.407 e. The quantitative estimate of drug-likeness (QED) is 0.583. The van der Waals surface area contributed by atoms with Crippen LogP contribution < -0.4 is 5.32 Å². The molecule has 2 atom stereocenters. The number of nitrogens with one attached hydrogen (secondary N) is 1. The van der Waals surface area contributed by atoms with Gasteiger partial charge in [0.05, 0.1) is 18.8 Å². The molecule has 0 aromatic heterocycles. The van der Waals surface area contributed by atoms with Gasteiger partial charge in [-0.05, 0) is 56.9 Å². The number of amides is 2. The SMILES string of the molecule is CC(C)(C)OCC(NC(=O)OCC1c2ccccc2-c2ccccc21)C(=O)N1C(C(=O)O)COC1(C)C. The summed E-state index contributed by atoms with van der Waals surface area (Å²) in [6.45, 7) is 8.47. The Balaban J connectivity index is 1.50. The molecule has 0 saturated carbocycles. The number of hydrogen-bond acceptors (Lipinski definition) is 6. The molecule has 1 aliphatic carbocycles. The van der Waals surface area contributed by atoms with Crippen LogP contribution in [0, 0.1) is 0 Å². The molecular weight excluding hydrogens is 476 g/mol. The van der Waals surface area contributed by atoms with Crippen LogP contribution in [-0.2, 0) is 23.8 Å². The van der Waals surface area contributed by atoms with Gasteiger partial charge >= 0.3 is 12.1 Å². The highest BCUT2D eigenvalue weighted by molar-refractivity contribution is 5.90. The first kappa shape index (κ1) is 26.6. The number of aliphatic carboxylic acids is 1. The number of benzene rings is 2. The Hall–Kier alpha value is -3.43. The third kappa shape index (κ3) is 5.62. The highest BCUT2D eigenvalue weighted by Gasteiger charge is 2.49. The summed E-state index contributed by atoms with van der Waals surface area (Å²) in [7, 11) is 0. The minimum absolute atomic E-state index is 0.0803. The molecule has 1 heterocycles. The van der Waals surface area contributed by atoms with Gasteiger partial charge in [-0.3, -0.25) is 9.69 Å². The van der Waals surface area contributed by atoms with E-state index in [-0.39, 0.29) is 25.7 Å². The minimum Gasteiger partial charge on any atom is -0.480 e. The van der Waals surface area contributed by atoms with E-state index in [1.807, 2.05) is 69.3 Å². The van der Waals surface area contributed by atoms with Gasteiger partial charge < -0.3 is 24.6 Å². The lowest BCUT2D eigenvalue weighted by molar-refractivity contribution is -0.158. The Morgan fingerprint density at radius 2 is 1.65 bits per heavy atom. The van der Waals surface area contributed by atoms with Crippen molar-refractivity contribution in [2.75, 3.05) is 19.8 Å². The fourth-order valence-electron chi connectivity index (χ4n) is 4.86. The van der Waals surface area contributed by atoms with E-state index in [0.717, 1.165) is 27.2 Å². The Kier molecular flexibility index (Phi) is 7.30. The molecule has 1 fully saturated rings. The van der Waals surface area contributed by atoms with Crippen LogP contribution in [0.25, 0.3) is 11.1 Å². The summed E-state index contributed by atoms with van der Waals surface area (Å²) in [5, 5.41) is 12.2. The van der Waals surface area contributed by atoms with Crippen molar-refractivity contribution in [3.63, 3.8) is 0 Å². The number of hydrogen-bond donors (Lipinski definition) is 2. The van der Waals surface area contributed by atoms with Crippen LogP contribution >= 0.6 is 0 Å². The predicted octanol–water partition coefficient (Wildman–Crippen LogP) is 3.76. The number of carbonyl (C=O) groups excluding carboxylic acids is 2. The standard InChI is InChI=1S/C28H34N2O7/c1-27(2,3)36-15-22(24(31)30-23(25(32)33)16-37-28(30,4)5)29-26(34)35-14-21-19-12-8-6-10-17(19)18-11-7-9-13-20(18)21/h6-13,21-23H,14-16H2,1-5H3,(H,29,34)(H,32,33). The molecular formula is C28H34N2O7. The molecule has 2 aliphatic rings. The highest BCUT2D eigenvalue weighted by atomic mass is 16.6. The maximum absolute atomic E-state index is 13.5. The van der Waals surface area contributed by atoms with Gasteiger partial charge in [0.1, 0.15) is 18.4 Å². The Morgan fingerprint density at radius 1 is 1.08 bits per heavy atom. The largest absolute Gasteiger partial charge is 0.480 e. The van der Waals surface area contributed by atoms with Crippen molar-refractivity contribution < 1.29 is 33.7 Å². The molecule has 0 spiro atoms. The van der Waals surface area contributed by atoms with Gasteiger partial charge in [0.15, 0.2) is 6.04 Å². The number of carbonyl (C=O) groups is 3. The van der Waals surface area contributed by atoms with Crippen molar-refractivity contribution in [2.24, 2.45) is 0 Å². The molecule has 9 heteroatoms. The van der Waals surface area contributed by atoms with Crippen LogP contribution in [0.5, 0.6) is 0 Å². The third-order valence-electron chi connectivity index (χ3n) is 6.63. The maximum atomic E-state index is 13.5. The summed E-state index contributed by atoms with van der Waals surface area (Å²) in [6, 6.07) is 13.6. The molecule has 2 aromatic rings. The smallest absolute Gasteiger partial charge is 0.407 e. The molecule has 2 aromatic carbocycles. The van der Waals surface area contributed by atoms with Crippen LogP contribution in [0.15, 0.2) is 48.5 Å². The summed E-state index contributed by atoms with van der Waals surface area (Å²) in [5.41, 5.74) is 2.60. The lowest BCUT2D eigenvalue weighted by Crippen LogP contribution is -2.59. The number of ether oxygens (including phenoxy) is 3. The predicted molar refractivity (Wildman–Crippen MR) is 136 cm³/mol. The number of fused-ring (bicyclic) bond motifs is 3. The average molecular weight is 511 g/mol. The molecule has 0 radical (unpaired) electrons. The molecule has 2 amide bonds. The molecule has 198 valence electrons. The van der Waals surface area contributed by atoms with Gasteiger partial charge in [0.25, 0.3) is 5.91 Å². The van der Waals surface area contributed by atoms with Gasteiger partial charge in [0, 0.05) is 5.92 Å². The molecule has 2 N–H and O–H groups in total. The lowest BCUT2D eigenvalue weighted by Gasteiger charge is -2.35. The summed E-state index contributed by atoms with van der Waals surface area (Å²) >= 11 is 0. The lowest BCUT2D eigenvalue weighted by atomic mass is 9.98. The number of carboxylic acid groups (broad SMARTS) is 1. The van der Waals surface area contributed by atoms with E-state index in [1.165, 1.54) is 0 Å². The van der Waals surface area contributed by atoms with E-state index in [1.54, 1.807) is 13.8 Å². The van der Waals surface area contributed by atoms with Gasteiger partial charge in [-0.1, -0.05) is 48.5 Å². The summed E-state index contributed by atoms with van der Waals surface area (Å²) in [4.78, 5) is 39.4. The molecule has 2 unspecified atom stereocenters. The molecule has 0 bridgehead atoms. The summed E-state index contributed by atoms with van der Waals surface area (Å²) in [6.07, 6.45) is -0.789. The van der Waals surface area contributed by atoms with E-state index in [0.29, 0.717) is 0 Å². The second-order valence-electron chi connectivity index (χ2n) is 10.8. The monoisotopic (exact) mass is 510 g/mol. The molecule has 1 aliphatic heterocycles. The number of alkyl carbamates (subject to hydrolysis) is 1. The van der Waals surface area contributed by atoms with E-state index in [9.17, 15) is 19.5 Å². The molecule has 9 nitrogen and oxygen atoms in total. The van der Waals surface area contributed by atoms with Crippen LogP contribution in [0.2, 0.25) is 0 Å². The minimum atomic E-state index is -1.18. The zero-order chi connectivity index (χ0) is 27.0. The Labute approximate surface area is 216 Å². The van der Waals surface area contributed by atoms with Crippen molar-refractivity contribution in [3.8, 4) is 11.1 Å². The molecule has 1 saturated heterocycles. The normalized spacial score (nSPS) is 19.2. The highest BCUT2D eigenvalue weighted by Crippen LogP contribution is 2.44. The van der Waals surface area contributed by atoms with Gasteiger partial charge in [-0.2, -0.15) is 0 Å². The number of carboxylic acids is 1. The van der Waals surface area contributed by atoms with Crippen molar-refractivity contribution in [3.05, 3.63) is 59.7 Å².